The minimum Gasteiger partial charge on any atom is -0.312 e. The van der Waals surface area contributed by atoms with Gasteiger partial charge >= 0.3 is 0 Å². The highest BCUT2D eigenvalue weighted by Crippen LogP contribution is 2.13. The van der Waals surface area contributed by atoms with Gasteiger partial charge in [-0.15, -0.1) is 0 Å². The van der Waals surface area contributed by atoms with Crippen molar-refractivity contribution in [3.63, 3.8) is 0 Å². The maximum atomic E-state index is 4.16. The Morgan fingerprint density at radius 2 is 2.55 bits per heavy atom. The number of nitrogens with zero attached hydrogens (tertiary/aromatic N) is 2. The highest BCUT2D eigenvalue weighted by molar-refractivity contribution is 6.99. The summed E-state index contributed by atoms with van der Waals surface area (Å²) >= 11 is 1.26. The van der Waals surface area contributed by atoms with Gasteiger partial charge in [0.05, 0.1) is 17.9 Å². The molecule has 0 amide bonds. The summed E-state index contributed by atoms with van der Waals surface area (Å²) in [7, 11) is 0. The molecule has 4 heteroatoms. The largest absolute Gasteiger partial charge is 0.312 e. The number of rotatable bonds is 1. The van der Waals surface area contributed by atoms with E-state index in [4.69, 9.17) is 0 Å². The summed E-state index contributed by atoms with van der Waals surface area (Å²) in [6.45, 7) is 2.02. The number of hydrogen-bond donors (Lipinski definition) is 1. The maximum Gasteiger partial charge on any atom is 0.101 e. The molecule has 2 heterocycles. The van der Waals surface area contributed by atoms with Crippen molar-refractivity contribution in [1.29, 1.82) is 0 Å². The van der Waals surface area contributed by atoms with Gasteiger partial charge in [-0.2, -0.15) is 8.75 Å². The van der Waals surface area contributed by atoms with E-state index in [0.29, 0.717) is 0 Å². The first kappa shape index (κ1) is 6.94. The van der Waals surface area contributed by atoms with Gasteiger partial charge in [-0.1, -0.05) is 6.08 Å². The predicted molar refractivity (Wildman–Crippen MR) is 45.4 cm³/mol. The van der Waals surface area contributed by atoms with E-state index in [0.717, 1.165) is 25.2 Å². The van der Waals surface area contributed by atoms with Crippen LogP contribution in [0.15, 0.2) is 12.3 Å². The van der Waals surface area contributed by atoms with Crippen LogP contribution in [0.25, 0.3) is 5.57 Å². The molecule has 0 saturated heterocycles. The number of aromatic nitrogens is 2. The minimum atomic E-state index is 0.936. The van der Waals surface area contributed by atoms with Crippen LogP contribution in [0.5, 0.6) is 0 Å². The van der Waals surface area contributed by atoms with E-state index in [1.54, 1.807) is 0 Å². The van der Waals surface area contributed by atoms with E-state index in [9.17, 15) is 0 Å². The van der Waals surface area contributed by atoms with Crippen LogP contribution >= 0.6 is 11.7 Å². The normalized spacial score (nSPS) is 18.0. The number of hydrogen-bond acceptors (Lipinski definition) is 4. The van der Waals surface area contributed by atoms with Crippen molar-refractivity contribution in [1.82, 2.24) is 14.1 Å². The topological polar surface area (TPSA) is 37.8 Å². The molecule has 1 aromatic rings. The van der Waals surface area contributed by atoms with Gasteiger partial charge in [-0.3, -0.25) is 0 Å². The Bertz CT molecular complexity index is 253. The molecule has 1 aliphatic rings. The molecule has 1 aromatic heterocycles. The van der Waals surface area contributed by atoms with Crippen LogP contribution in [0.4, 0.5) is 0 Å². The molecule has 0 bridgehead atoms. The average Bonchev–Trinajstić information content (AvgIpc) is 2.58. The van der Waals surface area contributed by atoms with E-state index in [1.807, 2.05) is 6.20 Å². The lowest BCUT2D eigenvalue weighted by Gasteiger charge is -2.10. The summed E-state index contributed by atoms with van der Waals surface area (Å²) in [5, 5.41) is 3.29. The van der Waals surface area contributed by atoms with Crippen LogP contribution in [-0.4, -0.2) is 21.8 Å². The van der Waals surface area contributed by atoms with Gasteiger partial charge in [0, 0.05) is 6.54 Å². The zero-order valence-corrected chi connectivity index (χ0v) is 6.90. The maximum absolute atomic E-state index is 4.16. The molecule has 0 unspecified atom stereocenters. The fourth-order valence-electron chi connectivity index (χ4n) is 1.14. The molecule has 2 rings (SSSR count). The lowest BCUT2D eigenvalue weighted by Crippen LogP contribution is -2.21. The molecule has 0 atom stereocenters. The summed E-state index contributed by atoms with van der Waals surface area (Å²) < 4.78 is 8.12. The summed E-state index contributed by atoms with van der Waals surface area (Å²) in [6.07, 6.45) is 5.16. The summed E-state index contributed by atoms with van der Waals surface area (Å²) in [5.41, 5.74) is 2.31. The number of nitrogens with one attached hydrogen (secondary N) is 1. The quantitative estimate of drug-likeness (QED) is 0.675. The van der Waals surface area contributed by atoms with Gasteiger partial charge in [0.2, 0.25) is 0 Å². The molecule has 0 saturated carbocycles. The summed E-state index contributed by atoms with van der Waals surface area (Å²) in [6, 6.07) is 0. The average molecular weight is 167 g/mol. The molecule has 58 valence electrons. The first-order valence-corrected chi connectivity index (χ1v) is 4.37. The van der Waals surface area contributed by atoms with Crippen LogP contribution in [0, 0.1) is 0 Å². The van der Waals surface area contributed by atoms with Crippen LogP contribution < -0.4 is 5.32 Å². The standard InChI is InChI=1S/C7H9N3S/c1-2-6(4-8-3-1)7-5-9-11-10-7/h2,5,8H,1,3-4H2. The molecular formula is C7H9N3S. The Morgan fingerprint density at radius 1 is 1.55 bits per heavy atom. The molecule has 0 radical (unpaired) electrons. The molecular weight excluding hydrogens is 158 g/mol. The molecule has 1 N–H and O–H groups in total. The van der Waals surface area contributed by atoms with Crippen molar-refractivity contribution in [3.05, 3.63) is 18.0 Å². The first-order valence-electron chi connectivity index (χ1n) is 3.64. The summed E-state index contributed by atoms with van der Waals surface area (Å²) in [4.78, 5) is 0. The van der Waals surface area contributed by atoms with Gasteiger partial charge in [-0.05, 0) is 18.5 Å². The van der Waals surface area contributed by atoms with E-state index in [-0.39, 0.29) is 0 Å². The highest BCUT2D eigenvalue weighted by Gasteiger charge is 2.06. The van der Waals surface area contributed by atoms with Crippen molar-refractivity contribution in [2.24, 2.45) is 0 Å². The van der Waals surface area contributed by atoms with E-state index in [1.165, 1.54) is 17.3 Å². The van der Waals surface area contributed by atoms with Gasteiger partial charge < -0.3 is 5.32 Å². The third-order valence-corrected chi connectivity index (χ3v) is 2.20. The Labute approximate surface area is 69.5 Å². The minimum absolute atomic E-state index is 0.936. The van der Waals surface area contributed by atoms with Crippen molar-refractivity contribution < 1.29 is 0 Å². The fraction of sp³-hybridized carbons (Fsp3) is 0.429. The first-order chi connectivity index (χ1) is 5.47. The Hall–Kier alpha value is -0.740. The summed E-state index contributed by atoms with van der Waals surface area (Å²) in [5.74, 6) is 0. The van der Waals surface area contributed by atoms with Crippen LogP contribution in [0.1, 0.15) is 12.1 Å². The Morgan fingerprint density at radius 3 is 3.18 bits per heavy atom. The van der Waals surface area contributed by atoms with Crippen LogP contribution in [-0.2, 0) is 0 Å². The zero-order valence-electron chi connectivity index (χ0n) is 6.08. The van der Waals surface area contributed by atoms with Crippen LogP contribution in [0.3, 0.4) is 0 Å². The van der Waals surface area contributed by atoms with E-state index >= 15 is 0 Å². The fourth-order valence-corrected chi connectivity index (χ4v) is 1.59. The van der Waals surface area contributed by atoms with E-state index < -0.39 is 0 Å². The molecule has 0 aliphatic carbocycles. The Balaban J connectivity index is 2.22. The molecule has 3 nitrogen and oxygen atoms in total. The SMILES string of the molecule is C1=C(c2cnsn2)CNCC1. The highest BCUT2D eigenvalue weighted by atomic mass is 32.1. The lowest BCUT2D eigenvalue weighted by atomic mass is 10.1. The lowest BCUT2D eigenvalue weighted by molar-refractivity contribution is 0.738. The monoisotopic (exact) mass is 167 g/mol. The smallest absolute Gasteiger partial charge is 0.101 e. The Kier molecular flexibility index (Phi) is 1.96. The van der Waals surface area contributed by atoms with Crippen molar-refractivity contribution in [2.45, 2.75) is 6.42 Å². The molecule has 0 fully saturated rings. The van der Waals surface area contributed by atoms with Gasteiger partial charge in [-0.25, -0.2) is 0 Å². The van der Waals surface area contributed by atoms with Crippen molar-refractivity contribution in [2.75, 3.05) is 13.1 Å². The van der Waals surface area contributed by atoms with Gasteiger partial charge in [0.1, 0.15) is 5.69 Å². The second-order valence-corrected chi connectivity index (χ2v) is 3.04. The van der Waals surface area contributed by atoms with Gasteiger partial charge in [0.25, 0.3) is 0 Å². The second-order valence-electron chi connectivity index (χ2n) is 2.49. The molecule has 11 heavy (non-hydrogen) atoms. The van der Waals surface area contributed by atoms with Crippen molar-refractivity contribution >= 4 is 17.3 Å². The second kappa shape index (κ2) is 3.11. The molecule has 0 spiro atoms. The van der Waals surface area contributed by atoms with Gasteiger partial charge in [0.15, 0.2) is 0 Å². The predicted octanol–water partition coefficient (Wildman–Crippen LogP) is 0.915. The van der Waals surface area contributed by atoms with Crippen molar-refractivity contribution in [3.8, 4) is 0 Å². The molecule has 1 aliphatic heterocycles. The van der Waals surface area contributed by atoms with Crippen LogP contribution in [0.2, 0.25) is 0 Å². The third-order valence-electron chi connectivity index (χ3n) is 1.72. The zero-order chi connectivity index (χ0) is 7.52. The molecule has 0 aromatic carbocycles. The van der Waals surface area contributed by atoms with E-state index in [2.05, 4.69) is 20.1 Å². The third kappa shape index (κ3) is 1.46.